The third-order valence-corrected chi connectivity index (χ3v) is 4.53. The van der Waals surface area contributed by atoms with Gasteiger partial charge in [0.2, 0.25) is 0 Å². The average Bonchev–Trinajstić information content (AvgIpc) is 2.72. The van der Waals surface area contributed by atoms with Crippen molar-refractivity contribution < 1.29 is 37.0 Å². The Labute approximate surface area is 166 Å². The number of hydrogen-bond acceptors (Lipinski definition) is 7. The van der Waals surface area contributed by atoms with Crippen LogP contribution in [-0.4, -0.2) is 52.6 Å². The minimum atomic E-state index is -4.59. The van der Waals surface area contributed by atoms with Crippen LogP contribution < -0.4 is 9.80 Å². The summed E-state index contributed by atoms with van der Waals surface area (Å²) in [6.45, 7) is 4.28. The summed E-state index contributed by atoms with van der Waals surface area (Å²) in [6, 6.07) is 3.25. The van der Waals surface area contributed by atoms with E-state index in [4.69, 9.17) is 14.2 Å². The van der Waals surface area contributed by atoms with Gasteiger partial charge in [-0.15, -0.1) is 0 Å². The highest BCUT2D eigenvalue weighted by atomic mass is 19.4. The van der Waals surface area contributed by atoms with Crippen molar-refractivity contribution in [3.05, 3.63) is 35.0 Å². The van der Waals surface area contributed by atoms with Crippen LogP contribution in [0.1, 0.15) is 19.4 Å². The molecule has 0 aromatic heterocycles. The van der Waals surface area contributed by atoms with Crippen LogP contribution in [0.3, 0.4) is 0 Å². The van der Waals surface area contributed by atoms with Gasteiger partial charge in [-0.25, -0.2) is 9.59 Å². The maximum Gasteiger partial charge on any atom is 0.416 e. The predicted octanol–water partition coefficient (Wildman–Crippen LogP) is 2.95. The van der Waals surface area contributed by atoms with E-state index in [1.54, 1.807) is 0 Å². The molecular formula is C19H23F3N2O5. The van der Waals surface area contributed by atoms with Gasteiger partial charge in [0, 0.05) is 13.1 Å². The second kappa shape index (κ2) is 9.17. The monoisotopic (exact) mass is 416 g/mol. The van der Waals surface area contributed by atoms with Crippen molar-refractivity contribution >= 4 is 23.3 Å². The molecule has 1 aliphatic rings. The van der Waals surface area contributed by atoms with Crippen molar-refractivity contribution in [1.82, 2.24) is 0 Å². The lowest BCUT2D eigenvalue weighted by molar-refractivity contribution is -0.140. The maximum absolute atomic E-state index is 13.4. The van der Waals surface area contributed by atoms with Crippen LogP contribution in [0, 0.1) is 0 Å². The first kappa shape index (κ1) is 22.5. The van der Waals surface area contributed by atoms with Crippen molar-refractivity contribution in [2.45, 2.75) is 20.0 Å². The summed E-state index contributed by atoms with van der Waals surface area (Å²) in [6.07, 6.45) is -4.59. The summed E-state index contributed by atoms with van der Waals surface area (Å²) < 4.78 is 55.0. The summed E-state index contributed by atoms with van der Waals surface area (Å²) in [5.74, 6) is -1.71. The zero-order chi connectivity index (χ0) is 21.8. The standard InChI is InChI=1S/C19H23F3N2O5/c1-5-23(6-2)14-8-7-12(19(20,21)22)9-15(14)24-11-29-10-13(17(25)27-3)16(24)18(26)28-4/h7-9H,5-6,10-11H2,1-4H3. The fourth-order valence-electron chi connectivity index (χ4n) is 3.08. The van der Waals surface area contributed by atoms with Gasteiger partial charge < -0.3 is 24.0 Å². The molecule has 10 heteroatoms. The zero-order valence-corrected chi connectivity index (χ0v) is 16.6. The molecule has 1 aromatic rings. The molecule has 0 unspecified atom stereocenters. The van der Waals surface area contributed by atoms with E-state index in [1.807, 2.05) is 18.7 Å². The summed E-state index contributed by atoms with van der Waals surface area (Å²) in [5, 5.41) is 0. The number of nitrogens with zero attached hydrogens (tertiary/aromatic N) is 2. The molecule has 2 rings (SSSR count). The largest absolute Gasteiger partial charge is 0.466 e. The number of ether oxygens (including phenoxy) is 3. The van der Waals surface area contributed by atoms with Crippen LogP contribution in [0.15, 0.2) is 29.5 Å². The van der Waals surface area contributed by atoms with Crippen LogP contribution >= 0.6 is 0 Å². The molecule has 0 amide bonds. The first-order chi connectivity index (χ1) is 13.7. The summed E-state index contributed by atoms with van der Waals surface area (Å²) in [5.41, 5.74) is -0.700. The van der Waals surface area contributed by atoms with Gasteiger partial charge in [-0.2, -0.15) is 13.2 Å². The maximum atomic E-state index is 13.4. The number of benzene rings is 1. The van der Waals surface area contributed by atoms with Crippen LogP contribution in [0.2, 0.25) is 0 Å². The normalized spacial score (nSPS) is 14.7. The number of halogens is 3. The Morgan fingerprint density at radius 3 is 2.28 bits per heavy atom. The van der Waals surface area contributed by atoms with E-state index in [9.17, 15) is 22.8 Å². The van der Waals surface area contributed by atoms with E-state index in [2.05, 4.69) is 0 Å². The van der Waals surface area contributed by atoms with E-state index >= 15 is 0 Å². The molecule has 0 fully saturated rings. The fourth-order valence-corrected chi connectivity index (χ4v) is 3.08. The molecule has 0 bridgehead atoms. The van der Waals surface area contributed by atoms with Crippen molar-refractivity contribution in [1.29, 1.82) is 0 Å². The third-order valence-electron chi connectivity index (χ3n) is 4.53. The number of methoxy groups -OCH3 is 2. The Hall–Kier alpha value is -2.75. The van der Waals surface area contributed by atoms with Crippen molar-refractivity contribution in [3.8, 4) is 0 Å². The Bertz CT molecular complexity index is 804. The highest BCUT2D eigenvalue weighted by Gasteiger charge is 2.36. The van der Waals surface area contributed by atoms with E-state index in [0.29, 0.717) is 18.8 Å². The van der Waals surface area contributed by atoms with Crippen molar-refractivity contribution in [3.63, 3.8) is 0 Å². The summed E-state index contributed by atoms with van der Waals surface area (Å²) >= 11 is 0. The molecule has 0 saturated heterocycles. The van der Waals surface area contributed by atoms with Gasteiger partial charge in [-0.3, -0.25) is 0 Å². The Kier molecular flexibility index (Phi) is 7.12. The molecular weight excluding hydrogens is 393 g/mol. The van der Waals surface area contributed by atoms with Gasteiger partial charge >= 0.3 is 18.1 Å². The second-order valence-corrected chi connectivity index (χ2v) is 6.09. The number of anilines is 2. The molecule has 1 aliphatic heterocycles. The lowest BCUT2D eigenvalue weighted by Crippen LogP contribution is -2.40. The number of alkyl halides is 3. The minimum Gasteiger partial charge on any atom is -0.466 e. The number of hydrogen-bond donors (Lipinski definition) is 0. The fraction of sp³-hybridized carbons (Fsp3) is 0.474. The van der Waals surface area contributed by atoms with Crippen LogP contribution in [0.5, 0.6) is 0 Å². The first-order valence-electron chi connectivity index (χ1n) is 8.90. The molecule has 0 spiro atoms. The minimum absolute atomic E-state index is 0.0741. The quantitative estimate of drug-likeness (QED) is 0.661. The van der Waals surface area contributed by atoms with Crippen LogP contribution in [0.4, 0.5) is 24.5 Å². The Morgan fingerprint density at radius 1 is 1.14 bits per heavy atom. The molecule has 0 radical (unpaired) electrons. The van der Waals surface area contributed by atoms with Gasteiger partial charge in [0.15, 0.2) is 0 Å². The zero-order valence-electron chi connectivity index (χ0n) is 16.6. The number of esters is 2. The van der Waals surface area contributed by atoms with Crippen LogP contribution in [0.25, 0.3) is 0 Å². The third kappa shape index (κ3) is 4.64. The number of carbonyl (C=O) groups is 2. The topological polar surface area (TPSA) is 68.3 Å². The number of carbonyl (C=O) groups excluding carboxylic acids is 2. The average molecular weight is 416 g/mol. The molecule has 29 heavy (non-hydrogen) atoms. The van der Waals surface area contributed by atoms with Crippen LogP contribution in [-0.2, 0) is 30.0 Å². The summed E-state index contributed by atoms with van der Waals surface area (Å²) in [7, 11) is 2.25. The van der Waals surface area contributed by atoms with Gasteiger partial charge in [0.05, 0.1) is 43.3 Å². The van der Waals surface area contributed by atoms with E-state index in [-0.39, 0.29) is 30.3 Å². The van der Waals surface area contributed by atoms with Gasteiger partial charge in [0.25, 0.3) is 0 Å². The van der Waals surface area contributed by atoms with E-state index in [0.717, 1.165) is 26.4 Å². The second-order valence-electron chi connectivity index (χ2n) is 6.09. The Balaban J connectivity index is 2.76. The van der Waals surface area contributed by atoms with Crippen molar-refractivity contribution in [2.75, 3.05) is 50.4 Å². The lowest BCUT2D eigenvalue weighted by atomic mass is 10.1. The highest BCUT2D eigenvalue weighted by Crippen LogP contribution is 2.39. The Morgan fingerprint density at radius 2 is 1.76 bits per heavy atom. The summed E-state index contributed by atoms with van der Waals surface area (Å²) in [4.78, 5) is 27.7. The molecule has 0 atom stereocenters. The molecule has 0 aliphatic carbocycles. The first-order valence-corrected chi connectivity index (χ1v) is 8.90. The molecule has 160 valence electrons. The smallest absolute Gasteiger partial charge is 0.416 e. The lowest BCUT2D eigenvalue weighted by Gasteiger charge is -2.35. The van der Waals surface area contributed by atoms with Gasteiger partial charge in [-0.1, -0.05) is 0 Å². The van der Waals surface area contributed by atoms with Gasteiger partial charge in [0.1, 0.15) is 12.4 Å². The molecule has 1 aromatic carbocycles. The van der Waals surface area contributed by atoms with E-state index < -0.39 is 23.7 Å². The molecule has 7 nitrogen and oxygen atoms in total. The van der Waals surface area contributed by atoms with E-state index in [1.165, 1.54) is 11.0 Å². The highest BCUT2D eigenvalue weighted by molar-refractivity contribution is 6.04. The van der Waals surface area contributed by atoms with Crippen molar-refractivity contribution in [2.24, 2.45) is 0 Å². The predicted molar refractivity (Wildman–Crippen MR) is 99.4 cm³/mol. The number of rotatable bonds is 6. The molecule has 1 heterocycles. The molecule has 0 N–H and O–H groups in total. The molecule has 0 saturated carbocycles. The van der Waals surface area contributed by atoms with Gasteiger partial charge in [-0.05, 0) is 32.0 Å². The SMILES string of the molecule is CCN(CC)c1ccc(C(F)(F)F)cc1N1COCC(C(=O)OC)=C1C(=O)OC.